The van der Waals surface area contributed by atoms with E-state index in [2.05, 4.69) is 15.6 Å². The molecule has 1 saturated carbocycles. The third kappa shape index (κ3) is 4.14. The number of ether oxygens (including phenoxy) is 1. The number of nitrogens with zero attached hydrogens (tertiary/aromatic N) is 2. The highest BCUT2D eigenvalue weighted by atomic mass is 16.5. The predicted molar refractivity (Wildman–Crippen MR) is 92.0 cm³/mol. The predicted octanol–water partition coefficient (Wildman–Crippen LogP) is 2.63. The number of amides is 2. The van der Waals surface area contributed by atoms with Crippen molar-refractivity contribution in [1.82, 2.24) is 20.2 Å². The van der Waals surface area contributed by atoms with Gasteiger partial charge in [0.15, 0.2) is 0 Å². The summed E-state index contributed by atoms with van der Waals surface area (Å²) in [5.41, 5.74) is 2.07. The molecule has 2 amide bonds. The molecule has 1 aliphatic rings. The number of carbonyl (C=O) groups is 1. The summed E-state index contributed by atoms with van der Waals surface area (Å²) in [6.07, 6.45) is 9.80. The summed E-state index contributed by atoms with van der Waals surface area (Å²) in [6, 6.07) is 7.99. The molecule has 1 heterocycles. The summed E-state index contributed by atoms with van der Waals surface area (Å²) >= 11 is 0. The van der Waals surface area contributed by atoms with Gasteiger partial charge in [-0.15, -0.1) is 0 Å². The van der Waals surface area contributed by atoms with Crippen molar-refractivity contribution < 1.29 is 9.53 Å². The Morgan fingerprint density at radius 1 is 1.38 bits per heavy atom. The van der Waals surface area contributed by atoms with Gasteiger partial charge in [-0.05, 0) is 30.5 Å². The average Bonchev–Trinajstić information content (AvgIpc) is 3.15. The van der Waals surface area contributed by atoms with Crippen LogP contribution < -0.4 is 10.6 Å². The number of carbonyl (C=O) groups excluding carboxylic acids is 1. The monoisotopic (exact) mass is 328 g/mol. The molecular formula is C18H24N4O2. The van der Waals surface area contributed by atoms with Crippen LogP contribution in [0.3, 0.4) is 0 Å². The van der Waals surface area contributed by atoms with Crippen molar-refractivity contribution in [2.45, 2.75) is 44.4 Å². The molecule has 1 fully saturated rings. The van der Waals surface area contributed by atoms with Crippen LogP contribution in [0.1, 0.15) is 31.2 Å². The smallest absolute Gasteiger partial charge is 0.315 e. The molecule has 3 rings (SSSR count). The highest BCUT2D eigenvalue weighted by Gasteiger charge is 2.26. The van der Waals surface area contributed by atoms with Crippen LogP contribution in [0.2, 0.25) is 0 Å². The van der Waals surface area contributed by atoms with Gasteiger partial charge in [0.25, 0.3) is 0 Å². The lowest BCUT2D eigenvalue weighted by Gasteiger charge is -2.31. The molecule has 2 N–H and O–H groups in total. The van der Waals surface area contributed by atoms with Crippen molar-refractivity contribution in [2.24, 2.45) is 0 Å². The summed E-state index contributed by atoms with van der Waals surface area (Å²) in [4.78, 5) is 16.2. The van der Waals surface area contributed by atoms with Gasteiger partial charge in [-0.3, -0.25) is 0 Å². The van der Waals surface area contributed by atoms with Crippen molar-refractivity contribution in [3.05, 3.63) is 48.5 Å². The fourth-order valence-corrected chi connectivity index (χ4v) is 3.18. The molecule has 24 heavy (non-hydrogen) atoms. The van der Waals surface area contributed by atoms with Gasteiger partial charge in [0.05, 0.1) is 18.5 Å². The van der Waals surface area contributed by atoms with E-state index in [0.717, 1.165) is 30.5 Å². The van der Waals surface area contributed by atoms with Crippen molar-refractivity contribution in [3.8, 4) is 5.69 Å². The lowest BCUT2D eigenvalue weighted by Crippen LogP contribution is -2.49. The van der Waals surface area contributed by atoms with E-state index in [-0.39, 0.29) is 18.2 Å². The van der Waals surface area contributed by atoms with Gasteiger partial charge in [-0.25, -0.2) is 9.78 Å². The number of hydrogen-bond donors (Lipinski definition) is 2. The molecule has 6 nitrogen and oxygen atoms in total. The van der Waals surface area contributed by atoms with Gasteiger partial charge in [0.2, 0.25) is 0 Å². The quantitative estimate of drug-likeness (QED) is 0.886. The highest BCUT2D eigenvalue weighted by Crippen LogP contribution is 2.20. The number of rotatable bonds is 5. The minimum Gasteiger partial charge on any atom is -0.379 e. The molecule has 1 aromatic carbocycles. The van der Waals surface area contributed by atoms with Gasteiger partial charge >= 0.3 is 6.03 Å². The Kier molecular flexibility index (Phi) is 5.48. The molecule has 1 aliphatic carbocycles. The average molecular weight is 328 g/mol. The second-order valence-corrected chi connectivity index (χ2v) is 6.13. The Labute approximate surface area is 142 Å². The molecule has 0 radical (unpaired) electrons. The first-order valence-corrected chi connectivity index (χ1v) is 8.40. The zero-order valence-electron chi connectivity index (χ0n) is 13.9. The van der Waals surface area contributed by atoms with E-state index in [1.54, 1.807) is 19.6 Å². The van der Waals surface area contributed by atoms with E-state index in [9.17, 15) is 4.79 Å². The summed E-state index contributed by atoms with van der Waals surface area (Å²) in [7, 11) is 1.71. The van der Waals surface area contributed by atoms with Crippen LogP contribution in [0.5, 0.6) is 0 Å². The summed E-state index contributed by atoms with van der Waals surface area (Å²) in [5.74, 6) is 0. The molecular weight excluding hydrogens is 304 g/mol. The van der Waals surface area contributed by atoms with E-state index < -0.39 is 0 Å². The van der Waals surface area contributed by atoms with Gasteiger partial charge < -0.3 is 19.9 Å². The minimum absolute atomic E-state index is 0.0982. The number of urea groups is 1. The Bertz CT molecular complexity index is 657. The van der Waals surface area contributed by atoms with E-state index in [0.29, 0.717) is 6.54 Å². The lowest BCUT2D eigenvalue weighted by molar-refractivity contribution is 0.0452. The standard InChI is InChI=1S/C18H24N4O2/c1-24-17-8-3-2-7-16(17)21-18(23)20-12-14-5-4-6-15(11-14)22-10-9-19-13-22/h4-6,9-11,13,16-17H,2-3,7-8,12H2,1H3,(H2,20,21,23)/t16-,17-/m1/s1. The minimum atomic E-state index is -0.142. The first-order valence-electron chi connectivity index (χ1n) is 8.40. The van der Waals surface area contributed by atoms with Crippen LogP contribution in [0.25, 0.3) is 5.69 Å². The normalized spacial score (nSPS) is 20.5. The first kappa shape index (κ1) is 16.5. The maximum Gasteiger partial charge on any atom is 0.315 e. The molecule has 2 aromatic rings. The van der Waals surface area contributed by atoms with Crippen LogP contribution in [0.4, 0.5) is 4.79 Å². The van der Waals surface area contributed by atoms with Crippen LogP contribution in [-0.2, 0) is 11.3 Å². The molecule has 2 atom stereocenters. The van der Waals surface area contributed by atoms with Gasteiger partial charge in [0.1, 0.15) is 0 Å². The third-order valence-electron chi connectivity index (χ3n) is 4.49. The number of imidazole rings is 1. The van der Waals surface area contributed by atoms with E-state index in [4.69, 9.17) is 4.74 Å². The van der Waals surface area contributed by atoms with Gasteiger partial charge in [-0.2, -0.15) is 0 Å². The highest BCUT2D eigenvalue weighted by molar-refractivity contribution is 5.74. The zero-order valence-corrected chi connectivity index (χ0v) is 13.9. The number of aromatic nitrogens is 2. The maximum atomic E-state index is 12.2. The summed E-state index contributed by atoms with van der Waals surface area (Å²) in [5, 5.41) is 5.97. The second kappa shape index (κ2) is 7.97. The summed E-state index contributed by atoms with van der Waals surface area (Å²) < 4.78 is 7.41. The Balaban J connectivity index is 1.53. The molecule has 1 aromatic heterocycles. The number of benzene rings is 1. The van der Waals surface area contributed by atoms with E-state index in [1.807, 2.05) is 35.0 Å². The Morgan fingerprint density at radius 2 is 2.25 bits per heavy atom. The van der Waals surface area contributed by atoms with Crippen LogP contribution in [-0.4, -0.2) is 34.8 Å². The SMILES string of the molecule is CO[C@@H]1CCCC[C@H]1NC(=O)NCc1cccc(-n2ccnc2)c1. The van der Waals surface area contributed by atoms with Crippen LogP contribution in [0, 0.1) is 0 Å². The number of hydrogen-bond acceptors (Lipinski definition) is 3. The summed E-state index contributed by atoms with van der Waals surface area (Å²) in [6.45, 7) is 0.485. The lowest BCUT2D eigenvalue weighted by atomic mass is 9.92. The largest absolute Gasteiger partial charge is 0.379 e. The zero-order chi connectivity index (χ0) is 16.8. The van der Waals surface area contributed by atoms with Crippen molar-refractivity contribution in [3.63, 3.8) is 0 Å². The van der Waals surface area contributed by atoms with Gasteiger partial charge in [-0.1, -0.05) is 25.0 Å². The van der Waals surface area contributed by atoms with Gasteiger partial charge in [0, 0.05) is 31.7 Å². The number of methoxy groups -OCH3 is 1. The molecule has 0 unspecified atom stereocenters. The molecule has 0 aliphatic heterocycles. The molecule has 0 bridgehead atoms. The third-order valence-corrected chi connectivity index (χ3v) is 4.49. The molecule has 0 saturated heterocycles. The first-order chi connectivity index (χ1) is 11.8. The second-order valence-electron chi connectivity index (χ2n) is 6.13. The van der Waals surface area contributed by atoms with Crippen LogP contribution >= 0.6 is 0 Å². The fourth-order valence-electron chi connectivity index (χ4n) is 3.18. The van der Waals surface area contributed by atoms with Crippen molar-refractivity contribution in [2.75, 3.05) is 7.11 Å². The Morgan fingerprint density at radius 3 is 3.04 bits per heavy atom. The van der Waals surface area contributed by atoms with Crippen molar-refractivity contribution in [1.29, 1.82) is 0 Å². The molecule has 128 valence electrons. The fraction of sp³-hybridized carbons (Fsp3) is 0.444. The Hall–Kier alpha value is -2.34. The van der Waals surface area contributed by atoms with Crippen molar-refractivity contribution >= 4 is 6.03 Å². The topological polar surface area (TPSA) is 68.2 Å². The van der Waals surface area contributed by atoms with E-state index in [1.165, 1.54) is 6.42 Å². The van der Waals surface area contributed by atoms with E-state index >= 15 is 0 Å². The maximum absolute atomic E-state index is 12.2. The van der Waals surface area contributed by atoms with Crippen LogP contribution in [0.15, 0.2) is 43.0 Å². The molecule has 6 heteroatoms. The molecule has 0 spiro atoms. The number of nitrogens with one attached hydrogen (secondary N) is 2.